The Kier molecular flexibility index (Phi) is 6.43. The van der Waals surface area contributed by atoms with Crippen LogP contribution in [0.5, 0.6) is 0 Å². The van der Waals surface area contributed by atoms with Crippen molar-refractivity contribution in [3.8, 4) is 0 Å². The molecule has 5 aliphatic rings. The minimum absolute atomic E-state index is 0.0144. The van der Waals surface area contributed by atoms with E-state index < -0.39 is 40.4 Å². The Hall–Kier alpha value is -2.75. The Morgan fingerprint density at radius 1 is 1.00 bits per heavy atom. The van der Waals surface area contributed by atoms with E-state index in [0.717, 1.165) is 6.42 Å². The number of rotatable bonds is 1. The summed E-state index contributed by atoms with van der Waals surface area (Å²) < 4.78 is 29.6. The molecule has 194 valence electrons. The standard InChI is InChI=1S/C27H32O9/c1-17-7-9-26-15-33-24(31)12-18(14-28)8-10-32-22(29)5-3-4-6-23(30)36-19-13-21(35-20(26)11-17)27(16-34-27)25(19,26)2/h3-6,11-12,19-21,28H,7-10,13-16H2,1-2H3/b5-3-,6-4+,18-12-. The second-order valence-electron chi connectivity index (χ2n) is 10.5. The van der Waals surface area contributed by atoms with Crippen molar-refractivity contribution in [3.05, 3.63) is 47.6 Å². The second kappa shape index (κ2) is 9.28. The average molecular weight is 501 g/mol. The molecule has 1 N–H and O–H groups in total. The first-order valence-electron chi connectivity index (χ1n) is 12.4. The number of hydrogen-bond acceptors (Lipinski definition) is 9. The lowest BCUT2D eigenvalue weighted by Gasteiger charge is -2.58. The number of ether oxygens (including phenoxy) is 5. The Morgan fingerprint density at radius 3 is 2.47 bits per heavy atom. The minimum Gasteiger partial charge on any atom is -0.462 e. The summed E-state index contributed by atoms with van der Waals surface area (Å²) in [6, 6.07) is 0. The third-order valence-corrected chi connectivity index (χ3v) is 8.72. The first-order chi connectivity index (χ1) is 17.2. The van der Waals surface area contributed by atoms with E-state index in [0.29, 0.717) is 25.0 Å². The molecule has 6 unspecified atom stereocenters. The number of carbonyl (C=O) groups excluding carboxylic acids is 3. The summed E-state index contributed by atoms with van der Waals surface area (Å²) in [6.45, 7) is 4.29. The highest BCUT2D eigenvalue weighted by Crippen LogP contribution is 2.72. The Labute approximate surface area is 209 Å². The van der Waals surface area contributed by atoms with Crippen molar-refractivity contribution in [2.45, 2.75) is 63.4 Å². The summed E-state index contributed by atoms with van der Waals surface area (Å²) in [4.78, 5) is 37.5. The van der Waals surface area contributed by atoms with Crippen molar-refractivity contribution >= 4 is 17.9 Å². The second-order valence-corrected chi connectivity index (χ2v) is 10.5. The van der Waals surface area contributed by atoms with Crippen molar-refractivity contribution in [2.24, 2.45) is 10.8 Å². The van der Waals surface area contributed by atoms with Crippen LogP contribution in [0.4, 0.5) is 0 Å². The summed E-state index contributed by atoms with van der Waals surface area (Å²) >= 11 is 0. The molecule has 9 heteroatoms. The molecule has 0 aromatic heterocycles. The Morgan fingerprint density at radius 2 is 1.75 bits per heavy atom. The smallest absolute Gasteiger partial charge is 0.331 e. The van der Waals surface area contributed by atoms with Crippen molar-refractivity contribution in [1.29, 1.82) is 0 Å². The van der Waals surface area contributed by atoms with Crippen LogP contribution < -0.4 is 0 Å². The van der Waals surface area contributed by atoms with E-state index in [1.807, 2.05) is 0 Å². The van der Waals surface area contributed by atoms with Crippen molar-refractivity contribution < 1.29 is 43.2 Å². The first kappa shape index (κ1) is 24.9. The summed E-state index contributed by atoms with van der Waals surface area (Å²) in [6.07, 6.45) is 9.68. The molecule has 36 heavy (non-hydrogen) atoms. The van der Waals surface area contributed by atoms with Crippen LogP contribution in [0.2, 0.25) is 0 Å². The lowest BCUT2D eigenvalue weighted by Crippen LogP contribution is -2.66. The van der Waals surface area contributed by atoms with Gasteiger partial charge in [0.1, 0.15) is 18.3 Å². The van der Waals surface area contributed by atoms with Gasteiger partial charge in [-0.1, -0.05) is 30.7 Å². The van der Waals surface area contributed by atoms with Crippen molar-refractivity contribution in [2.75, 3.05) is 26.4 Å². The van der Waals surface area contributed by atoms with Crippen LogP contribution in [0.3, 0.4) is 0 Å². The van der Waals surface area contributed by atoms with Crippen LogP contribution in [-0.2, 0) is 38.1 Å². The third-order valence-electron chi connectivity index (χ3n) is 8.72. The molecule has 3 fully saturated rings. The summed E-state index contributed by atoms with van der Waals surface area (Å²) in [5.41, 5.74) is -0.350. The van der Waals surface area contributed by atoms with E-state index >= 15 is 0 Å². The molecule has 1 saturated carbocycles. The molecule has 2 aliphatic carbocycles. The molecule has 6 atom stereocenters. The van der Waals surface area contributed by atoms with Gasteiger partial charge >= 0.3 is 17.9 Å². The van der Waals surface area contributed by atoms with Crippen LogP contribution in [0, 0.1) is 10.8 Å². The Balaban J connectivity index is 1.53. The zero-order chi connectivity index (χ0) is 25.6. The molecule has 2 saturated heterocycles. The van der Waals surface area contributed by atoms with Gasteiger partial charge in [0.05, 0.1) is 37.4 Å². The molecule has 5 rings (SSSR count). The molecule has 2 bridgehead atoms. The van der Waals surface area contributed by atoms with Gasteiger partial charge in [-0.3, -0.25) is 0 Å². The molecular weight excluding hydrogens is 468 g/mol. The van der Waals surface area contributed by atoms with Gasteiger partial charge in [0.25, 0.3) is 0 Å². The predicted molar refractivity (Wildman–Crippen MR) is 125 cm³/mol. The average Bonchev–Trinajstić information content (AvgIpc) is 3.62. The lowest BCUT2D eigenvalue weighted by atomic mass is 9.51. The maximum absolute atomic E-state index is 12.8. The molecule has 0 aromatic carbocycles. The molecule has 2 spiro atoms. The van der Waals surface area contributed by atoms with Gasteiger partial charge < -0.3 is 28.8 Å². The fourth-order valence-electron chi connectivity index (χ4n) is 6.52. The highest BCUT2D eigenvalue weighted by molar-refractivity contribution is 5.85. The summed E-state index contributed by atoms with van der Waals surface area (Å²) in [7, 11) is 0. The highest BCUT2D eigenvalue weighted by Gasteiger charge is 2.83. The van der Waals surface area contributed by atoms with Crippen molar-refractivity contribution in [3.63, 3.8) is 0 Å². The molecule has 0 amide bonds. The van der Waals surface area contributed by atoms with Gasteiger partial charge in [-0.05, 0) is 25.3 Å². The number of allylic oxidation sites excluding steroid dienone is 3. The molecule has 3 aliphatic heterocycles. The quantitative estimate of drug-likeness (QED) is 0.250. The van der Waals surface area contributed by atoms with E-state index in [-0.39, 0.29) is 38.4 Å². The third kappa shape index (κ3) is 3.93. The van der Waals surface area contributed by atoms with Gasteiger partial charge in [-0.15, -0.1) is 0 Å². The van der Waals surface area contributed by atoms with E-state index in [1.54, 1.807) is 0 Å². The zero-order valence-electron chi connectivity index (χ0n) is 20.6. The minimum atomic E-state index is -0.672. The number of cyclic esters (lactones) is 2. The van der Waals surface area contributed by atoms with Crippen LogP contribution in [0.25, 0.3) is 0 Å². The number of carbonyl (C=O) groups is 3. The van der Waals surface area contributed by atoms with E-state index in [2.05, 4.69) is 19.9 Å². The van der Waals surface area contributed by atoms with Gasteiger partial charge in [-0.2, -0.15) is 0 Å². The SMILES string of the molecule is CC1=CC2OC3CC4OC(=O)/C=C/C=C\C(=O)OCC/C(CO)=C/C(=O)OCC2(CC1)C4(C)C31CO1. The maximum Gasteiger partial charge on any atom is 0.331 e. The van der Waals surface area contributed by atoms with E-state index in [1.165, 1.54) is 36.0 Å². The van der Waals surface area contributed by atoms with Crippen LogP contribution in [0.1, 0.15) is 39.5 Å². The predicted octanol–water partition coefficient (Wildman–Crippen LogP) is 2.09. The maximum atomic E-state index is 12.8. The highest BCUT2D eigenvalue weighted by atomic mass is 16.6. The monoisotopic (exact) mass is 500 g/mol. The molecule has 3 heterocycles. The van der Waals surface area contributed by atoms with Gasteiger partial charge in [-0.25, -0.2) is 14.4 Å². The Bertz CT molecular complexity index is 1070. The molecule has 0 radical (unpaired) electrons. The van der Waals surface area contributed by atoms with E-state index in [4.69, 9.17) is 23.7 Å². The topological polar surface area (TPSA) is 121 Å². The number of hydrogen-bond donors (Lipinski definition) is 1. The number of aliphatic hydroxyl groups excluding tert-OH is 1. The van der Waals surface area contributed by atoms with Crippen LogP contribution in [0.15, 0.2) is 47.6 Å². The number of aliphatic hydroxyl groups is 1. The van der Waals surface area contributed by atoms with Gasteiger partial charge in [0.15, 0.2) is 0 Å². The first-order valence-corrected chi connectivity index (χ1v) is 12.4. The molecule has 9 nitrogen and oxygen atoms in total. The lowest BCUT2D eigenvalue weighted by molar-refractivity contribution is -0.232. The summed E-state index contributed by atoms with van der Waals surface area (Å²) in [5, 5.41) is 9.68. The van der Waals surface area contributed by atoms with Gasteiger partial charge in [0, 0.05) is 36.5 Å². The van der Waals surface area contributed by atoms with E-state index in [9.17, 15) is 19.5 Å². The fourth-order valence-corrected chi connectivity index (χ4v) is 6.52. The molecule has 0 aromatic rings. The fraction of sp³-hybridized carbons (Fsp3) is 0.593. The molecular formula is C27H32O9. The number of epoxide rings is 1. The number of esters is 3. The van der Waals surface area contributed by atoms with Crippen LogP contribution >= 0.6 is 0 Å². The zero-order valence-corrected chi connectivity index (χ0v) is 20.6. The van der Waals surface area contributed by atoms with Crippen molar-refractivity contribution in [1.82, 2.24) is 0 Å². The van der Waals surface area contributed by atoms with Crippen LogP contribution in [-0.4, -0.2) is 73.4 Å². The normalized spacial score (nSPS) is 44.0. The largest absolute Gasteiger partial charge is 0.462 e. The van der Waals surface area contributed by atoms with Gasteiger partial charge in [0.2, 0.25) is 0 Å². The summed E-state index contributed by atoms with van der Waals surface area (Å²) in [5.74, 6) is -1.74.